The van der Waals surface area contributed by atoms with Crippen molar-refractivity contribution in [3.05, 3.63) is 95.1 Å². The molecular weight excluding hydrogens is 320 g/mol. The molecule has 2 nitrogen and oxygen atoms in total. The fourth-order valence-corrected chi connectivity index (χ4v) is 3.11. The number of benzene rings is 3. The minimum atomic E-state index is -0.997. The quantitative estimate of drug-likeness (QED) is 0.554. The molecule has 0 spiro atoms. The molecule has 1 unspecified atom stereocenters. The minimum Gasteiger partial charge on any atom is -0.366 e. The van der Waals surface area contributed by atoms with Gasteiger partial charge in [-0.1, -0.05) is 72.8 Å². The van der Waals surface area contributed by atoms with E-state index >= 15 is 0 Å². The Kier molecular flexibility index (Phi) is 5.06. The lowest BCUT2D eigenvalue weighted by molar-refractivity contribution is 0.0101. The van der Waals surface area contributed by atoms with Crippen LogP contribution in [0.4, 0.5) is 0 Å². The van der Waals surface area contributed by atoms with Gasteiger partial charge in [0.25, 0.3) is 0 Å². The van der Waals surface area contributed by atoms with Crippen molar-refractivity contribution < 1.29 is 9.53 Å². The number of aryl methyl sites for hydroxylation is 2. The first-order valence-corrected chi connectivity index (χ1v) is 8.79. The molecule has 3 aromatic rings. The highest BCUT2D eigenvalue weighted by molar-refractivity contribution is 6.03. The van der Waals surface area contributed by atoms with E-state index < -0.39 is 5.60 Å². The van der Waals surface area contributed by atoms with Gasteiger partial charge in [0, 0.05) is 12.7 Å². The lowest BCUT2D eigenvalue weighted by atomic mass is 9.87. The lowest BCUT2D eigenvalue weighted by Crippen LogP contribution is -2.34. The Labute approximate surface area is 155 Å². The Balaban J connectivity index is 1.92. The van der Waals surface area contributed by atoms with Crippen LogP contribution in [0.3, 0.4) is 0 Å². The number of ether oxygens (including phenoxy) is 1. The van der Waals surface area contributed by atoms with Gasteiger partial charge in [-0.05, 0) is 48.6 Å². The molecule has 0 aliphatic rings. The maximum atomic E-state index is 13.1. The molecule has 0 bridgehead atoms. The smallest absolute Gasteiger partial charge is 0.198 e. The summed E-state index contributed by atoms with van der Waals surface area (Å²) in [6, 6.07) is 23.8. The van der Waals surface area contributed by atoms with Crippen LogP contribution in [-0.4, -0.2) is 12.9 Å². The summed E-state index contributed by atoms with van der Waals surface area (Å²) in [6.45, 7) is 6.04. The van der Waals surface area contributed by atoms with Gasteiger partial charge in [-0.2, -0.15) is 0 Å². The zero-order valence-electron chi connectivity index (χ0n) is 15.7. The lowest BCUT2D eigenvalue weighted by Gasteiger charge is -2.27. The molecule has 3 aromatic carbocycles. The van der Waals surface area contributed by atoms with Gasteiger partial charge in [0.15, 0.2) is 11.4 Å². The molecule has 0 N–H and O–H groups in total. The van der Waals surface area contributed by atoms with Gasteiger partial charge in [-0.3, -0.25) is 4.79 Å². The van der Waals surface area contributed by atoms with E-state index in [1.807, 2.05) is 61.5 Å². The predicted octanol–water partition coefficient (Wildman–Crippen LogP) is 5.71. The average molecular weight is 344 g/mol. The first-order valence-electron chi connectivity index (χ1n) is 8.79. The van der Waals surface area contributed by atoms with Crippen molar-refractivity contribution in [2.75, 3.05) is 7.11 Å². The Bertz CT molecular complexity index is 911. The summed E-state index contributed by atoms with van der Waals surface area (Å²) in [5.74, 6) is -0.0437. The summed E-state index contributed by atoms with van der Waals surface area (Å²) in [6.07, 6.45) is 0. The number of hydrogen-bond acceptors (Lipinski definition) is 2. The van der Waals surface area contributed by atoms with E-state index in [0.717, 1.165) is 16.7 Å². The first-order chi connectivity index (χ1) is 12.5. The largest absolute Gasteiger partial charge is 0.366 e. The van der Waals surface area contributed by atoms with E-state index in [9.17, 15) is 4.79 Å². The fourth-order valence-electron chi connectivity index (χ4n) is 3.11. The normalized spacial score (nSPS) is 13.2. The summed E-state index contributed by atoms with van der Waals surface area (Å²) in [7, 11) is 1.58. The van der Waals surface area contributed by atoms with Crippen molar-refractivity contribution in [3.8, 4) is 11.1 Å². The topological polar surface area (TPSA) is 26.3 Å². The van der Waals surface area contributed by atoms with Gasteiger partial charge in [-0.15, -0.1) is 0 Å². The number of carbonyl (C=O) groups is 1. The molecule has 1 atom stereocenters. The number of ketones is 1. The van der Waals surface area contributed by atoms with Crippen LogP contribution in [0.25, 0.3) is 11.1 Å². The zero-order valence-corrected chi connectivity index (χ0v) is 15.7. The SMILES string of the molecule is COC(C)(C(=O)c1ccc(-c2ccc(C)c(C)c2)cc1)c1ccccc1. The molecule has 0 aliphatic carbocycles. The Morgan fingerprint density at radius 3 is 2.00 bits per heavy atom. The molecule has 2 heteroatoms. The second-order valence-corrected chi connectivity index (χ2v) is 6.81. The Morgan fingerprint density at radius 1 is 0.808 bits per heavy atom. The van der Waals surface area contributed by atoms with Crippen molar-refractivity contribution in [2.45, 2.75) is 26.4 Å². The number of rotatable bonds is 5. The Morgan fingerprint density at radius 2 is 1.42 bits per heavy atom. The van der Waals surface area contributed by atoms with E-state index in [1.54, 1.807) is 7.11 Å². The van der Waals surface area contributed by atoms with Crippen LogP contribution in [0.15, 0.2) is 72.8 Å². The third kappa shape index (κ3) is 3.33. The van der Waals surface area contributed by atoms with Gasteiger partial charge in [0.1, 0.15) is 0 Å². The van der Waals surface area contributed by atoms with Crippen LogP contribution < -0.4 is 0 Å². The zero-order chi connectivity index (χ0) is 18.7. The van der Waals surface area contributed by atoms with Crippen LogP contribution in [0.2, 0.25) is 0 Å². The number of methoxy groups -OCH3 is 1. The van der Waals surface area contributed by atoms with Crippen LogP contribution in [-0.2, 0) is 10.3 Å². The third-order valence-electron chi connectivity index (χ3n) is 5.15. The summed E-state index contributed by atoms with van der Waals surface area (Å²) in [5, 5.41) is 0. The standard InChI is InChI=1S/C24H24O2/c1-17-10-11-21(16-18(17)2)19-12-14-20(15-13-19)23(25)24(3,26-4)22-8-6-5-7-9-22/h5-16H,1-4H3. The fraction of sp³-hybridized carbons (Fsp3) is 0.208. The van der Waals surface area contributed by atoms with E-state index in [2.05, 4.69) is 32.0 Å². The van der Waals surface area contributed by atoms with Crippen molar-refractivity contribution in [1.82, 2.24) is 0 Å². The maximum Gasteiger partial charge on any atom is 0.198 e. The number of hydrogen-bond donors (Lipinski definition) is 0. The van der Waals surface area contributed by atoms with E-state index in [4.69, 9.17) is 4.74 Å². The summed E-state index contributed by atoms with van der Waals surface area (Å²) in [4.78, 5) is 13.1. The summed E-state index contributed by atoms with van der Waals surface area (Å²) in [5.41, 5.74) is 5.30. The van der Waals surface area contributed by atoms with Gasteiger partial charge < -0.3 is 4.74 Å². The average Bonchev–Trinajstić information content (AvgIpc) is 2.69. The van der Waals surface area contributed by atoms with Crippen molar-refractivity contribution in [1.29, 1.82) is 0 Å². The molecule has 0 aromatic heterocycles. The van der Waals surface area contributed by atoms with Gasteiger partial charge in [0.05, 0.1) is 0 Å². The molecule has 0 radical (unpaired) electrons. The number of Topliss-reactive ketones (excluding diaryl/α,β-unsaturated/α-hetero) is 1. The Hall–Kier alpha value is -2.71. The monoisotopic (exact) mass is 344 g/mol. The molecule has 3 rings (SSSR count). The molecule has 0 aliphatic heterocycles. The molecule has 0 amide bonds. The van der Waals surface area contributed by atoms with Crippen LogP contribution >= 0.6 is 0 Å². The van der Waals surface area contributed by atoms with Crippen molar-refractivity contribution in [2.24, 2.45) is 0 Å². The molecule has 0 saturated heterocycles. The highest BCUT2D eigenvalue weighted by Crippen LogP contribution is 2.30. The van der Waals surface area contributed by atoms with Crippen LogP contribution in [0.5, 0.6) is 0 Å². The van der Waals surface area contributed by atoms with Gasteiger partial charge in [-0.25, -0.2) is 0 Å². The highest BCUT2D eigenvalue weighted by Gasteiger charge is 2.35. The second-order valence-electron chi connectivity index (χ2n) is 6.81. The summed E-state index contributed by atoms with van der Waals surface area (Å²) >= 11 is 0. The number of carbonyl (C=O) groups excluding carboxylic acids is 1. The molecule has 26 heavy (non-hydrogen) atoms. The second kappa shape index (κ2) is 7.27. The third-order valence-corrected chi connectivity index (χ3v) is 5.15. The molecule has 132 valence electrons. The van der Waals surface area contributed by atoms with Gasteiger partial charge >= 0.3 is 0 Å². The van der Waals surface area contributed by atoms with E-state index in [-0.39, 0.29) is 5.78 Å². The molecule has 0 heterocycles. The molecule has 0 saturated carbocycles. The van der Waals surface area contributed by atoms with Crippen LogP contribution in [0.1, 0.15) is 34.0 Å². The molecular formula is C24H24O2. The van der Waals surface area contributed by atoms with Crippen molar-refractivity contribution >= 4 is 5.78 Å². The van der Waals surface area contributed by atoms with Crippen molar-refractivity contribution in [3.63, 3.8) is 0 Å². The molecule has 0 fully saturated rings. The van der Waals surface area contributed by atoms with Crippen LogP contribution in [0, 0.1) is 13.8 Å². The maximum absolute atomic E-state index is 13.1. The van der Waals surface area contributed by atoms with E-state index in [1.165, 1.54) is 11.1 Å². The minimum absolute atomic E-state index is 0.0437. The van der Waals surface area contributed by atoms with E-state index in [0.29, 0.717) is 5.56 Å². The van der Waals surface area contributed by atoms with Gasteiger partial charge in [0.2, 0.25) is 0 Å². The predicted molar refractivity (Wildman–Crippen MR) is 106 cm³/mol. The first kappa shape index (κ1) is 18.1. The summed E-state index contributed by atoms with van der Waals surface area (Å²) < 4.78 is 5.63. The highest BCUT2D eigenvalue weighted by atomic mass is 16.5.